The molecule has 0 atom stereocenters. The molecule has 1 aliphatic rings. The van der Waals surface area contributed by atoms with Gasteiger partial charge in [0.05, 0.1) is 5.56 Å². The van der Waals surface area contributed by atoms with Crippen molar-refractivity contribution in [1.29, 1.82) is 0 Å². The van der Waals surface area contributed by atoms with Gasteiger partial charge in [0.2, 0.25) is 5.91 Å². The first-order valence-electron chi connectivity index (χ1n) is 9.24. The summed E-state index contributed by atoms with van der Waals surface area (Å²) in [6.45, 7) is 5.04. The second-order valence-corrected chi connectivity index (χ2v) is 6.75. The summed E-state index contributed by atoms with van der Waals surface area (Å²) >= 11 is 0. The van der Waals surface area contributed by atoms with Gasteiger partial charge in [-0.3, -0.25) is 4.79 Å². The average Bonchev–Trinajstić information content (AvgIpc) is 3.19. The fourth-order valence-corrected chi connectivity index (χ4v) is 3.35. The summed E-state index contributed by atoms with van der Waals surface area (Å²) in [5.41, 5.74) is 2.84. The van der Waals surface area contributed by atoms with Crippen LogP contribution in [-0.2, 0) is 4.79 Å². The number of hydrogen-bond acceptors (Lipinski definition) is 6. The van der Waals surface area contributed by atoms with Crippen LogP contribution in [0.15, 0.2) is 53.1 Å². The van der Waals surface area contributed by atoms with Gasteiger partial charge >= 0.3 is 0 Å². The van der Waals surface area contributed by atoms with Crippen molar-refractivity contribution in [2.45, 2.75) is 6.92 Å². The van der Waals surface area contributed by atoms with Gasteiger partial charge in [-0.05, 0) is 23.8 Å². The largest absolute Gasteiger partial charge is 0.507 e. The van der Waals surface area contributed by atoms with E-state index in [0.29, 0.717) is 22.6 Å². The maximum atomic E-state index is 11.2. The molecule has 3 aromatic rings. The number of carbonyl (C=O) groups is 1. The molecule has 0 aliphatic carbocycles. The van der Waals surface area contributed by atoms with Crippen LogP contribution in [-0.4, -0.2) is 42.3 Å². The van der Waals surface area contributed by atoms with Gasteiger partial charge in [0, 0.05) is 50.4 Å². The summed E-state index contributed by atoms with van der Waals surface area (Å²) in [6, 6.07) is 14.7. The molecule has 8 heteroatoms. The number of carbonyl (C=O) groups excluding carboxylic acids is 1. The van der Waals surface area contributed by atoms with Crippen molar-refractivity contribution in [3.8, 4) is 28.2 Å². The van der Waals surface area contributed by atoms with Gasteiger partial charge in [-0.2, -0.15) is 0 Å². The van der Waals surface area contributed by atoms with Crippen molar-refractivity contribution in [3.05, 3.63) is 48.5 Å². The predicted octanol–water partition coefficient (Wildman–Crippen LogP) is 3.66. The number of aromatic nitrogens is 1. The Hall–Kier alpha value is -2.84. The lowest BCUT2D eigenvalue weighted by molar-refractivity contribution is -0.114. The summed E-state index contributed by atoms with van der Waals surface area (Å²) in [5, 5.41) is 21.1. The minimum atomic E-state index is -0.122. The number of amides is 1. The van der Waals surface area contributed by atoms with E-state index < -0.39 is 0 Å². The maximum absolute atomic E-state index is 11.2. The average molecular weight is 459 g/mol. The molecule has 1 amide bonds. The Kier molecular flexibility index (Phi) is 6.56. The first kappa shape index (κ1) is 20.9. The van der Waals surface area contributed by atoms with Crippen LogP contribution in [0.4, 0.5) is 11.5 Å². The number of anilines is 2. The van der Waals surface area contributed by atoms with E-state index in [0.717, 1.165) is 37.6 Å². The Morgan fingerprint density at radius 2 is 1.83 bits per heavy atom. The third kappa shape index (κ3) is 4.60. The van der Waals surface area contributed by atoms with E-state index in [1.807, 2.05) is 36.4 Å². The van der Waals surface area contributed by atoms with Crippen LogP contribution in [0.1, 0.15) is 6.92 Å². The van der Waals surface area contributed by atoms with Crippen LogP contribution >= 0.6 is 17.0 Å². The van der Waals surface area contributed by atoms with E-state index in [4.69, 9.17) is 4.52 Å². The van der Waals surface area contributed by atoms with Crippen molar-refractivity contribution in [2.24, 2.45) is 0 Å². The van der Waals surface area contributed by atoms with Crippen LogP contribution in [0, 0.1) is 0 Å². The molecule has 0 bridgehead atoms. The van der Waals surface area contributed by atoms with E-state index in [9.17, 15) is 9.90 Å². The molecule has 0 radical (unpaired) electrons. The lowest BCUT2D eigenvalue weighted by Crippen LogP contribution is -2.43. The first-order chi connectivity index (χ1) is 13.6. The second-order valence-electron chi connectivity index (χ2n) is 6.75. The summed E-state index contributed by atoms with van der Waals surface area (Å²) in [6.07, 6.45) is 0. The summed E-state index contributed by atoms with van der Waals surface area (Å²) in [7, 11) is 0. The Labute approximate surface area is 179 Å². The molecule has 1 aliphatic heterocycles. The number of halogens is 1. The fourth-order valence-electron chi connectivity index (χ4n) is 3.35. The zero-order chi connectivity index (χ0) is 19.5. The molecule has 3 N–H and O–H groups in total. The van der Waals surface area contributed by atoms with Crippen LogP contribution < -0.4 is 15.5 Å². The summed E-state index contributed by atoms with van der Waals surface area (Å²) < 4.78 is 5.52. The highest BCUT2D eigenvalue weighted by Gasteiger charge is 2.18. The maximum Gasteiger partial charge on any atom is 0.221 e. The Bertz CT molecular complexity index is 982. The quantitative estimate of drug-likeness (QED) is 0.552. The molecular formula is C21H23BrN4O3. The highest BCUT2D eigenvalue weighted by Crippen LogP contribution is 2.39. The van der Waals surface area contributed by atoms with Gasteiger partial charge in [-0.15, -0.1) is 17.0 Å². The summed E-state index contributed by atoms with van der Waals surface area (Å²) in [4.78, 5) is 13.3. The standard InChI is InChI=1S/C21H22N4O3.BrH/c1-14(26)23-16-7-5-15(6-8-16)17-3-2-4-18(21(17)27)19-13-20(24-28-19)25-11-9-22-10-12-25;/h2-8,13,22,27H,9-12H2,1H3,(H,23,26);1H. The molecule has 0 unspecified atom stereocenters. The lowest BCUT2D eigenvalue weighted by atomic mass is 10.00. The minimum absolute atomic E-state index is 0. The number of piperazine rings is 1. The molecule has 0 saturated carbocycles. The van der Waals surface area contributed by atoms with E-state index in [1.165, 1.54) is 6.92 Å². The van der Waals surface area contributed by atoms with Gasteiger partial charge in [0.25, 0.3) is 0 Å². The highest BCUT2D eigenvalue weighted by molar-refractivity contribution is 8.93. The fraction of sp³-hybridized carbons (Fsp3) is 0.238. The first-order valence-corrected chi connectivity index (χ1v) is 9.24. The molecule has 29 heavy (non-hydrogen) atoms. The van der Waals surface area contributed by atoms with Gasteiger partial charge < -0.3 is 25.2 Å². The number of benzene rings is 2. The predicted molar refractivity (Wildman–Crippen MR) is 119 cm³/mol. The van der Waals surface area contributed by atoms with Gasteiger partial charge in [-0.25, -0.2) is 0 Å². The minimum Gasteiger partial charge on any atom is -0.507 e. The number of phenols is 1. The van der Waals surface area contributed by atoms with Crippen LogP contribution in [0.5, 0.6) is 5.75 Å². The Morgan fingerprint density at radius 3 is 2.52 bits per heavy atom. The van der Waals surface area contributed by atoms with Crippen LogP contribution in [0.25, 0.3) is 22.5 Å². The van der Waals surface area contributed by atoms with Crippen molar-refractivity contribution in [2.75, 3.05) is 36.4 Å². The van der Waals surface area contributed by atoms with E-state index in [1.54, 1.807) is 12.1 Å². The normalized spacial score (nSPS) is 13.6. The molecule has 1 saturated heterocycles. The smallest absolute Gasteiger partial charge is 0.221 e. The molecule has 1 fully saturated rings. The third-order valence-electron chi connectivity index (χ3n) is 4.76. The van der Waals surface area contributed by atoms with Gasteiger partial charge in [0.1, 0.15) is 5.75 Å². The third-order valence-corrected chi connectivity index (χ3v) is 4.76. The molecular weight excluding hydrogens is 436 g/mol. The van der Waals surface area contributed by atoms with E-state index in [-0.39, 0.29) is 28.6 Å². The van der Waals surface area contributed by atoms with Crippen molar-refractivity contribution in [3.63, 3.8) is 0 Å². The number of phenolic OH excluding ortho intramolecular Hbond substituents is 1. The molecule has 2 heterocycles. The number of para-hydroxylation sites is 1. The summed E-state index contributed by atoms with van der Waals surface area (Å²) in [5.74, 6) is 1.32. The van der Waals surface area contributed by atoms with E-state index in [2.05, 4.69) is 20.7 Å². The molecule has 7 nitrogen and oxygen atoms in total. The number of rotatable bonds is 4. The monoisotopic (exact) mass is 458 g/mol. The number of nitrogens with zero attached hydrogens (tertiary/aromatic N) is 2. The molecule has 4 rings (SSSR count). The molecule has 2 aromatic carbocycles. The SMILES string of the molecule is Br.CC(=O)Nc1ccc(-c2cccc(-c3cc(N4CCNCC4)no3)c2O)cc1. The van der Waals surface area contributed by atoms with Gasteiger partial charge in [0.15, 0.2) is 11.6 Å². The topological polar surface area (TPSA) is 90.6 Å². The lowest BCUT2D eigenvalue weighted by Gasteiger charge is -2.26. The van der Waals surface area contributed by atoms with E-state index >= 15 is 0 Å². The van der Waals surface area contributed by atoms with Crippen molar-refractivity contribution < 1.29 is 14.4 Å². The number of aromatic hydroxyl groups is 1. The molecule has 1 aromatic heterocycles. The highest BCUT2D eigenvalue weighted by atomic mass is 79.9. The molecule has 0 spiro atoms. The molecule has 152 valence electrons. The van der Waals surface area contributed by atoms with Gasteiger partial charge in [-0.1, -0.05) is 29.4 Å². The number of hydrogen-bond donors (Lipinski definition) is 3. The van der Waals surface area contributed by atoms with Crippen molar-refractivity contribution in [1.82, 2.24) is 10.5 Å². The zero-order valence-electron chi connectivity index (χ0n) is 16.0. The van der Waals surface area contributed by atoms with Crippen molar-refractivity contribution >= 4 is 34.4 Å². The number of nitrogens with one attached hydrogen (secondary N) is 2. The van der Waals surface area contributed by atoms with Crippen LogP contribution in [0.2, 0.25) is 0 Å². The second kappa shape index (κ2) is 9.11. The zero-order valence-corrected chi connectivity index (χ0v) is 17.7. The van der Waals surface area contributed by atoms with Crippen LogP contribution in [0.3, 0.4) is 0 Å². The Morgan fingerprint density at radius 1 is 1.14 bits per heavy atom. The Balaban J connectivity index is 0.00000240.